The van der Waals surface area contributed by atoms with Crippen molar-refractivity contribution >= 4 is 16.6 Å². The number of nitrogen functional groups attached to an aromatic ring is 1. The van der Waals surface area contributed by atoms with Gasteiger partial charge in [-0.3, -0.25) is 0 Å². The van der Waals surface area contributed by atoms with Crippen molar-refractivity contribution < 1.29 is 4.42 Å². The summed E-state index contributed by atoms with van der Waals surface area (Å²) in [5, 5.41) is 9.37. The number of rotatable bonds is 3. The van der Waals surface area contributed by atoms with Crippen molar-refractivity contribution in [2.45, 2.75) is 6.42 Å². The highest BCUT2D eigenvalue weighted by Gasteiger charge is 2.13. The van der Waals surface area contributed by atoms with Crippen molar-refractivity contribution in [2.75, 3.05) is 5.73 Å². The number of hydrogen-bond donors (Lipinski definition) is 2. The standard InChI is InChI=1S/C17H14N4O/c18-12-7-5-11(6-8-12)9-16-20-21-17(22-16)14-10-19-15-4-2-1-3-13(14)15/h1-8,10,19H,9,18H2. The summed E-state index contributed by atoms with van der Waals surface area (Å²) < 4.78 is 5.80. The van der Waals surface area contributed by atoms with Gasteiger partial charge in [0.05, 0.1) is 12.0 Å². The quantitative estimate of drug-likeness (QED) is 0.567. The van der Waals surface area contributed by atoms with Crippen LogP contribution in [-0.2, 0) is 6.42 Å². The largest absolute Gasteiger partial charge is 0.420 e. The minimum Gasteiger partial charge on any atom is -0.420 e. The van der Waals surface area contributed by atoms with E-state index < -0.39 is 0 Å². The van der Waals surface area contributed by atoms with Crippen LogP contribution < -0.4 is 5.73 Å². The average Bonchev–Trinajstić information content (AvgIpc) is 3.16. The van der Waals surface area contributed by atoms with Crippen LogP contribution in [0.5, 0.6) is 0 Å². The molecule has 0 saturated carbocycles. The van der Waals surface area contributed by atoms with E-state index in [0.29, 0.717) is 18.2 Å². The number of para-hydroxylation sites is 1. The minimum absolute atomic E-state index is 0.530. The van der Waals surface area contributed by atoms with Crippen LogP contribution in [0.2, 0.25) is 0 Å². The van der Waals surface area contributed by atoms with Crippen LogP contribution in [0.25, 0.3) is 22.4 Å². The second kappa shape index (κ2) is 5.04. The number of hydrogen-bond acceptors (Lipinski definition) is 4. The fourth-order valence-corrected chi connectivity index (χ4v) is 2.49. The summed E-state index contributed by atoms with van der Waals surface area (Å²) >= 11 is 0. The van der Waals surface area contributed by atoms with Gasteiger partial charge in [0.2, 0.25) is 11.8 Å². The van der Waals surface area contributed by atoms with Crippen molar-refractivity contribution in [1.82, 2.24) is 15.2 Å². The Kier molecular flexibility index (Phi) is 2.89. The van der Waals surface area contributed by atoms with Gasteiger partial charge in [0, 0.05) is 22.8 Å². The van der Waals surface area contributed by atoms with Gasteiger partial charge in [-0.25, -0.2) is 0 Å². The molecular formula is C17H14N4O. The zero-order chi connectivity index (χ0) is 14.9. The van der Waals surface area contributed by atoms with Crippen molar-refractivity contribution in [2.24, 2.45) is 0 Å². The molecule has 0 aliphatic heterocycles. The summed E-state index contributed by atoms with van der Waals surface area (Å²) in [5.74, 6) is 1.12. The van der Waals surface area contributed by atoms with E-state index in [1.165, 1.54) is 0 Å². The van der Waals surface area contributed by atoms with Gasteiger partial charge in [-0.2, -0.15) is 0 Å². The molecule has 0 spiro atoms. The van der Waals surface area contributed by atoms with Crippen molar-refractivity contribution in [3.8, 4) is 11.5 Å². The van der Waals surface area contributed by atoms with Gasteiger partial charge >= 0.3 is 0 Å². The van der Waals surface area contributed by atoms with Crippen LogP contribution >= 0.6 is 0 Å². The van der Waals surface area contributed by atoms with Crippen LogP contribution in [0.4, 0.5) is 5.69 Å². The molecule has 0 radical (unpaired) electrons. The predicted octanol–water partition coefficient (Wildman–Crippen LogP) is 3.39. The highest BCUT2D eigenvalue weighted by molar-refractivity contribution is 5.93. The molecule has 5 nitrogen and oxygen atoms in total. The van der Waals surface area contributed by atoms with Crippen molar-refractivity contribution in [3.05, 3.63) is 66.2 Å². The average molecular weight is 290 g/mol. The Balaban J connectivity index is 1.65. The zero-order valence-corrected chi connectivity index (χ0v) is 11.8. The molecule has 0 atom stereocenters. The van der Waals surface area contributed by atoms with Crippen LogP contribution in [0.15, 0.2) is 59.1 Å². The summed E-state index contributed by atoms with van der Waals surface area (Å²) in [6.45, 7) is 0. The molecule has 4 rings (SSSR count). The molecule has 2 aromatic carbocycles. The zero-order valence-electron chi connectivity index (χ0n) is 11.8. The van der Waals surface area contributed by atoms with Gasteiger partial charge in [0.1, 0.15) is 0 Å². The number of nitrogens with one attached hydrogen (secondary N) is 1. The molecular weight excluding hydrogens is 276 g/mol. The lowest BCUT2D eigenvalue weighted by Gasteiger charge is -1.97. The normalized spacial score (nSPS) is 11.1. The predicted molar refractivity (Wildman–Crippen MR) is 85.3 cm³/mol. The van der Waals surface area contributed by atoms with E-state index >= 15 is 0 Å². The molecule has 22 heavy (non-hydrogen) atoms. The molecule has 5 heteroatoms. The smallest absolute Gasteiger partial charge is 0.249 e. The van der Waals surface area contributed by atoms with Crippen molar-refractivity contribution in [3.63, 3.8) is 0 Å². The van der Waals surface area contributed by atoms with Gasteiger partial charge in [-0.15, -0.1) is 10.2 Å². The lowest BCUT2D eigenvalue weighted by molar-refractivity contribution is 0.518. The summed E-state index contributed by atoms with van der Waals surface area (Å²) in [4.78, 5) is 3.21. The van der Waals surface area contributed by atoms with E-state index in [0.717, 1.165) is 27.7 Å². The first kappa shape index (κ1) is 12.6. The highest BCUT2D eigenvalue weighted by atomic mass is 16.4. The molecule has 0 aliphatic rings. The molecule has 3 N–H and O–H groups in total. The maximum Gasteiger partial charge on any atom is 0.249 e. The second-order valence-corrected chi connectivity index (χ2v) is 5.17. The number of nitrogens with two attached hydrogens (primary N) is 1. The van der Waals surface area contributed by atoms with E-state index in [9.17, 15) is 0 Å². The monoisotopic (exact) mass is 290 g/mol. The number of nitrogens with zero attached hydrogens (tertiary/aromatic N) is 2. The Bertz CT molecular complexity index is 921. The minimum atomic E-state index is 0.530. The second-order valence-electron chi connectivity index (χ2n) is 5.17. The summed E-state index contributed by atoms with van der Waals surface area (Å²) in [6.07, 6.45) is 2.49. The van der Waals surface area contributed by atoms with Crippen LogP contribution in [0, 0.1) is 0 Å². The molecule has 4 aromatic rings. The Morgan fingerprint density at radius 1 is 1.00 bits per heavy atom. The summed E-state index contributed by atoms with van der Waals surface area (Å²) in [7, 11) is 0. The van der Waals surface area contributed by atoms with E-state index in [2.05, 4.69) is 15.2 Å². The molecule has 0 amide bonds. The van der Waals surface area contributed by atoms with Crippen LogP contribution in [0.3, 0.4) is 0 Å². The molecule has 2 aromatic heterocycles. The molecule has 0 fully saturated rings. The molecule has 0 bridgehead atoms. The molecule has 0 aliphatic carbocycles. The highest BCUT2D eigenvalue weighted by Crippen LogP contribution is 2.27. The Morgan fingerprint density at radius 3 is 2.68 bits per heavy atom. The van der Waals surface area contributed by atoms with E-state index in [1.54, 1.807) is 0 Å². The van der Waals surface area contributed by atoms with E-state index in [-0.39, 0.29) is 0 Å². The lowest BCUT2D eigenvalue weighted by atomic mass is 10.1. The number of fused-ring (bicyclic) bond motifs is 1. The lowest BCUT2D eigenvalue weighted by Crippen LogP contribution is -1.89. The number of H-pyrrole nitrogens is 1. The molecule has 2 heterocycles. The number of anilines is 1. The SMILES string of the molecule is Nc1ccc(Cc2nnc(-c3c[nH]c4ccccc34)o2)cc1. The van der Waals surface area contributed by atoms with Crippen LogP contribution in [-0.4, -0.2) is 15.2 Å². The van der Waals surface area contributed by atoms with E-state index in [4.69, 9.17) is 10.2 Å². The maximum absolute atomic E-state index is 5.80. The number of benzene rings is 2. The Labute approximate surface area is 126 Å². The van der Waals surface area contributed by atoms with Gasteiger partial charge in [0.15, 0.2) is 0 Å². The van der Waals surface area contributed by atoms with Gasteiger partial charge < -0.3 is 15.1 Å². The van der Waals surface area contributed by atoms with Crippen molar-refractivity contribution in [1.29, 1.82) is 0 Å². The van der Waals surface area contributed by atoms with Crippen LogP contribution in [0.1, 0.15) is 11.5 Å². The third-order valence-electron chi connectivity index (χ3n) is 3.62. The summed E-state index contributed by atoms with van der Waals surface area (Å²) in [6, 6.07) is 15.7. The number of aromatic amines is 1. The third-order valence-corrected chi connectivity index (χ3v) is 3.62. The number of aromatic nitrogens is 3. The Morgan fingerprint density at radius 2 is 1.82 bits per heavy atom. The topological polar surface area (TPSA) is 80.7 Å². The first-order valence-electron chi connectivity index (χ1n) is 7.03. The molecule has 0 saturated heterocycles. The molecule has 108 valence electrons. The fraction of sp³-hybridized carbons (Fsp3) is 0.0588. The fourth-order valence-electron chi connectivity index (χ4n) is 2.49. The third kappa shape index (κ3) is 2.22. The van der Waals surface area contributed by atoms with Gasteiger partial charge in [0.25, 0.3) is 0 Å². The molecule has 0 unspecified atom stereocenters. The first-order chi connectivity index (χ1) is 10.8. The summed E-state index contributed by atoms with van der Waals surface area (Å²) in [5.41, 5.74) is 9.49. The van der Waals surface area contributed by atoms with Gasteiger partial charge in [-0.1, -0.05) is 30.3 Å². The maximum atomic E-state index is 5.80. The first-order valence-corrected chi connectivity index (χ1v) is 7.03. The van der Waals surface area contributed by atoms with E-state index in [1.807, 2.05) is 54.7 Å². The van der Waals surface area contributed by atoms with Gasteiger partial charge in [-0.05, 0) is 23.8 Å². The Hall–Kier alpha value is -3.08.